The Hall–Kier alpha value is -3.77. The van der Waals surface area contributed by atoms with E-state index in [1.165, 1.54) is 6.42 Å². The molecule has 1 N–H and O–H groups in total. The highest BCUT2D eigenvalue weighted by Gasteiger charge is 2.25. The molecule has 0 radical (unpaired) electrons. The lowest BCUT2D eigenvalue weighted by Crippen LogP contribution is -2.39. The van der Waals surface area contributed by atoms with E-state index < -0.39 is 0 Å². The van der Waals surface area contributed by atoms with Gasteiger partial charge in [0, 0.05) is 34.8 Å². The van der Waals surface area contributed by atoms with Crippen LogP contribution in [-0.4, -0.2) is 33.0 Å². The number of hydrogen-bond donors (Lipinski definition) is 1. The average Bonchev–Trinajstić information content (AvgIpc) is 2.84. The van der Waals surface area contributed by atoms with E-state index in [9.17, 15) is 0 Å². The zero-order chi connectivity index (χ0) is 24.4. The number of fused-ring (bicyclic) bond motifs is 1. The third-order valence-corrected chi connectivity index (χ3v) is 6.38. The number of halogens is 1. The summed E-state index contributed by atoms with van der Waals surface area (Å²) < 4.78 is 7.14. The zero-order valence-corrected chi connectivity index (χ0v) is 21.0. The monoisotopic (exact) mass is 529 g/mol. The lowest BCUT2D eigenvalue weighted by molar-refractivity contribution is 0.352. The van der Waals surface area contributed by atoms with Gasteiger partial charge in [-0.1, -0.05) is 29.8 Å². The Balaban J connectivity index is 1.52. The maximum atomic E-state index is 9.08. The van der Waals surface area contributed by atoms with Crippen molar-refractivity contribution >= 4 is 44.4 Å². The fraction of sp³-hybridized carbons (Fsp3) is 0.269. The van der Waals surface area contributed by atoms with Crippen LogP contribution in [0.1, 0.15) is 25.8 Å². The van der Waals surface area contributed by atoms with E-state index in [-0.39, 0.29) is 6.01 Å². The van der Waals surface area contributed by atoms with E-state index in [4.69, 9.17) is 15.0 Å². The SMILES string of the molecule is C[C@H]1C[C@H](C)CN(c2nc(Nc3ccc(C#N)cc3)nc(Oc3ccnc4ccc(Br)cc34)n2)C1. The smallest absolute Gasteiger partial charge is 0.328 e. The van der Waals surface area contributed by atoms with Crippen LogP contribution >= 0.6 is 15.9 Å². The van der Waals surface area contributed by atoms with Gasteiger partial charge in [-0.05, 0) is 66.8 Å². The molecule has 2 aromatic carbocycles. The number of benzene rings is 2. The van der Waals surface area contributed by atoms with Crippen LogP contribution in [0, 0.1) is 23.2 Å². The molecule has 3 heterocycles. The maximum absolute atomic E-state index is 9.08. The molecule has 1 fully saturated rings. The van der Waals surface area contributed by atoms with Gasteiger partial charge >= 0.3 is 6.01 Å². The van der Waals surface area contributed by atoms with Gasteiger partial charge in [0.2, 0.25) is 11.9 Å². The van der Waals surface area contributed by atoms with E-state index in [0.29, 0.717) is 35.0 Å². The number of pyridine rings is 1. The molecule has 176 valence electrons. The Morgan fingerprint density at radius 3 is 2.54 bits per heavy atom. The summed E-state index contributed by atoms with van der Waals surface area (Å²) in [6, 6.07) is 17.1. The number of nitriles is 1. The summed E-state index contributed by atoms with van der Waals surface area (Å²) in [5.41, 5.74) is 2.17. The number of anilines is 3. The molecule has 0 bridgehead atoms. The molecule has 0 saturated carbocycles. The molecular formula is C26H24BrN7O. The molecule has 35 heavy (non-hydrogen) atoms. The van der Waals surface area contributed by atoms with Gasteiger partial charge in [0.15, 0.2) is 0 Å². The standard InChI is InChI=1S/C26H24BrN7O/c1-16-11-17(2)15-34(14-16)25-31-24(30-20-6-3-18(13-28)4-7-20)32-26(33-25)35-23-9-10-29-22-8-5-19(27)12-21(22)23/h3-10,12,16-17H,11,14-15H2,1-2H3,(H,30,31,32,33)/t16-,17-/m0/s1. The Bertz CT molecular complexity index is 1390. The molecule has 1 aliphatic heterocycles. The van der Waals surface area contributed by atoms with Crippen molar-refractivity contribution in [2.24, 2.45) is 11.8 Å². The summed E-state index contributed by atoms with van der Waals surface area (Å²) in [7, 11) is 0. The number of nitrogens with one attached hydrogen (secondary N) is 1. The predicted octanol–water partition coefficient (Wildman–Crippen LogP) is 6.07. The van der Waals surface area contributed by atoms with Gasteiger partial charge < -0.3 is 15.0 Å². The summed E-state index contributed by atoms with van der Waals surface area (Å²) in [5.74, 6) is 2.63. The van der Waals surface area contributed by atoms with Crippen molar-refractivity contribution in [3.63, 3.8) is 0 Å². The van der Waals surface area contributed by atoms with Crippen molar-refractivity contribution in [3.8, 4) is 17.8 Å². The first-order valence-electron chi connectivity index (χ1n) is 11.5. The molecule has 2 atom stereocenters. The Kier molecular flexibility index (Phi) is 6.47. The highest BCUT2D eigenvalue weighted by Crippen LogP contribution is 2.31. The van der Waals surface area contributed by atoms with Crippen molar-refractivity contribution in [2.45, 2.75) is 20.3 Å². The number of ether oxygens (including phenoxy) is 1. The number of piperidine rings is 1. The highest BCUT2D eigenvalue weighted by atomic mass is 79.9. The third kappa shape index (κ3) is 5.33. The molecule has 0 amide bonds. The number of aromatic nitrogens is 4. The summed E-state index contributed by atoms with van der Waals surface area (Å²) in [6.07, 6.45) is 2.89. The molecule has 9 heteroatoms. The molecule has 1 saturated heterocycles. The fourth-order valence-corrected chi connectivity index (χ4v) is 4.81. The second-order valence-corrected chi connectivity index (χ2v) is 9.90. The largest absolute Gasteiger partial charge is 0.423 e. The zero-order valence-electron chi connectivity index (χ0n) is 19.4. The van der Waals surface area contributed by atoms with Crippen molar-refractivity contribution in [2.75, 3.05) is 23.3 Å². The fourth-order valence-electron chi connectivity index (χ4n) is 4.45. The van der Waals surface area contributed by atoms with Gasteiger partial charge in [-0.25, -0.2) is 0 Å². The first-order chi connectivity index (χ1) is 17.0. The van der Waals surface area contributed by atoms with Crippen LogP contribution in [0.25, 0.3) is 10.9 Å². The van der Waals surface area contributed by atoms with Crippen molar-refractivity contribution in [3.05, 3.63) is 64.8 Å². The quantitative estimate of drug-likeness (QED) is 0.332. The molecule has 0 unspecified atom stereocenters. The van der Waals surface area contributed by atoms with Crippen LogP contribution in [0.4, 0.5) is 17.6 Å². The molecule has 2 aromatic heterocycles. The Morgan fingerprint density at radius 1 is 1.03 bits per heavy atom. The highest BCUT2D eigenvalue weighted by molar-refractivity contribution is 9.10. The molecule has 5 rings (SSSR count). The molecule has 0 aliphatic carbocycles. The van der Waals surface area contributed by atoms with Crippen LogP contribution in [-0.2, 0) is 0 Å². The van der Waals surface area contributed by atoms with Crippen LogP contribution < -0.4 is 15.0 Å². The first-order valence-corrected chi connectivity index (χ1v) is 12.3. The second-order valence-electron chi connectivity index (χ2n) is 8.98. The van der Waals surface area contributed by atoms with E-state index in [1.807, 2.05) is 30.3 Å². The maximum Gasteiger partial charge on any atom is 0.328 e. The lowest BCUT2D eigenvalue weighted by atomic mass is 9.92. The van der Waals surface area contributed by atoms with E-state index in [2.05, 4.69) is 61.0 Å². The number of nitrogens with zero attached hydrogens (tertiary/aromatic N) is 6. The normalized spacial score (nSPS) is 17.7. The minimum atomic E-state index is 0.199. The molecule has 4 aromatic rings. The van der Waals surface area contributed by atoms with E-state index in [1.54, 1.807) is 24.4 Å². The summed E-state index contributed by atoms with van der Waals surface area (Å²) in [5, 5.41) is 13.2. The third-order valence-electron chi connectivity index (χ3n) is 5.89. The van der Waals surface area contributed by atoms with Gasteiger partial charge in [0.25, 0.3) is 0 Å². The van der Waals surface area contributed by atoms with E-state index >= 15 is 0 Å². The molecule has 8 nitrogen and oxygen atoms in total. The molecular weight excluding hydrogens is 506 g/mol. The number of hydrogen-bond acceptors (Lipinski definition) is 8. The Labute approximate surface area is 212 Å². The summed E-state index contributed by atoms with van der Waals surface area (Å²) in [4.78, 5) is 20.6. The first kappa shape index (κ1) is 23.0. The molecule has 1 aliphatic rings. The second kappa shape index (κ2) is 9.84. The van der Waals surface area contributed by atoms with Gasteiger partial charge in [0.1, 0.15) is 5.75 Å². The Morgan fingerprint density at radius 2 is 1.80 bits per heavy atom. The van der Waals surface area contributed by atoms with Crippen molar-refractivity contribution < 1.29 is 4.74 Å². The minimum absolute atomic E-state index is 0.199. The topological polar surface area (TPSA) is 99.9 Å². The minimum Gasteiger partial charge on any atom is -0.423 e. The van der Waals surface area contributed by atoms with Crippen molar-refractivity contribution in [1.29, 1.82) is 5.26 Å². The van der Waals surface area contributed by atoms with Crippen LogP contribution in [0.15, 0.2) is 59.2 Å². The van der Waals surface area contributed by atoms with Gasteiger partial charge in [-0.2, -0.15) is 20.2 Å². The van der Waals surface area contributed by atoms with Crippen LogP contribution in [0.2, 0.25) is 0 Å². The van der Waals surface area contributed by atoms with Crippen LogP contribution in [0.5, 0.6) is 11.8 Å². The summed E-state index contributed by atoms with van der Waals surface area (Å²) >= 11 is 3.52. The van der Waals surface area contributed by atoms with Gasteiger partial charge in [-0.15, -0.1) is 0 Å². The number of rotatable bonds is 5. The van der Waals surface area contributed by atoms with E-state index in [0.717, 1.165) is 34.2 Å². The van der Waals surface area contributed by atoms with Crippen molar-refractivity contribution in [1.82, 2.24) is 19.9 Å². The molecule has 0 spiro atoms. The average molecular weight is 530 g/mol. The van der Waals surface area contributed by atoms with Gasteiger partial charge in [-0.3, -0.25) is 4.98 Å². The van der Waals surface area contributed by atoms with Gasteiger partial charge in [0.05, 0.1) is 17.1 Å². The van der Waals surface area contributed by atoms with Crippen LogP contribution in [0.3, 0.4) is 0 Å². The lowest BCUT2D eigenvalue weighted by Gasteiger charge is -2.35. The summed E-state index contributed by atoms with van der Waals surface area (Å²) in [6.45, 7) is 6.24. The predicted molar refractivity (Wildman–Crippen MR) is 139 cm³/mol.